The fourth-order valence-electron chi connectivity index (χ4n) is 2.57. The monoisotopic (exact) mass is 246 g/mol. The molecular weight excluding hydrogens is 228 g/mol. The van der Waals surface area contributed by atoms with Crippen molar-refractivity contribution < 1.29 is 9.52 Å². The van der Waals surface area contributed by atoms with Crippen LogP contribution in [-0.2, 0) is 0 Å². The molecule has 3 rings (SSSR count). The molecule has 96 valence electrons. The Morgan fingerprint density at radius 3 is 3.06 bits per heavy atom. The fraction of sp³-hybridized carbons (Fsp3) is 0.500. The van der Waals surface area contributed by atoms with Gasteiger partial charge in [0, 0.05) is 19.0 Å². The largest absolute Gasteiger partial charge is 0.423 e. The average molecular weight is 246 g/mol. The van der Waals surface area contributed by atoms with Gasteiger partial charge in [0.05, 0.1) is 6.10 Å². The highest BCUT2D eigenvalue weighted by molar-refractivity contribution is 5.74. The van der Waals surface area contributed by atoms with E-state index < -0.39 is 0 Å². The van der Waals surface area contributed by atoms with E-state index in [4.69, 9.17) is 4.42 Å². The molecule has 1 aromatic carbocycles. The number of aliphatic hydroxyl groups is 1. The first-order chi connectivity index (χ1) is 8.74. The number of nitrogens with zero attached hydrogens (tertiary/aromatic N) is 2. The summed E-state index contributed by atoms with van der Waals surface area (Å²) in [5.41, 5.74) is 1.72. The number of aliphatic hydroxyl groups excluding tert-OH is 1. The van der Waals surface area contributed by atoms with Crippen LogP contribution in [0.3, 0.4) is 0 Å². The lowest BCUT2D eigenvalue weighted by Gasteiger charge is -2.32. The Labute approximate surface area is 106 Å². The minimum absolute atomic E-state index is 0.267. The molecule has 1 aliphatic heterocycles. The number of hydrogen-bond acceptors (Lipinski definition) is 4. The van der Waals surface area contributed by atoms with Crippen molar-refractivity contribution in [3.63, 3.8) is 0 Å². The summed E-state index contributed by atoms with van der Waals surface area (Å²) in [7, 11) is 0. The molecule has 2 aromatic rings. The minimum atomic E-state index is -0.267. The number of aromatic nitrogens is 1. The predicted molar refractivity (Wildman–Crippen MR) is 70.6 cm³/mol. The zero-order chi connectivity index (χ0) is 12.5. The summed E-state index contributed by atoms with van der Waals surface area (Å²) in [5.74, 6) is 0.314. The van der Waals surface area contributed by atoms with Crippen molar-refractivity contribution >= 4 is 17.1 Å². The van der Waals surface area contributed by atoms with Gasteiger partial charge in [-0.05, 0) is 31.9 Å². The van der Waals surface area contributed by atoms with Gasteiger partial charge in [-0.3, -0.25) is 0 Å². The molecule has 2 atom stereocenters. The van der Waals surface area contributed by atoms with E-state index in [2.05, 4.69) is 9.88 Å². The van der Waals surface area contributed by atoms with Crippen molar-refractivity contribution in [3.8, 4) is 0 Å². The van der Waals surface area contributed by atoms with Crippen molar-refractivity contribution in [2.24, 2.45) is 5.92 Å². The maximum Gasteiger partial charge on any atom is 0.298 e. The molecule has 2 heterocycles. The number of fused-ring (bicyclic) bond motifs is 1. The zero-order valence-corrected chi connectivity index (χ0v) is 10.5. The third kappa shape index (κ3) is 2.08. The van der Waals surface area contributed by atoms with E-state index in [1.54, 1.807) is 0 Å². The summed E-state index contributed by atoms with van der Waals surface area (Å²) in [6.07, 6.45) is 1.89. The highest BCUT2D eigenvalue weighted by atomic mass is 16.4. The van der Waals surface area contributed by atoms with E-state index >= 15 is 0 Å². The van der Waals surface area contributed by atoms with Crippen LogP contribution < -0.4 is 4.90 Å². The predicted octanol–water partition coefficient (Wildman–Crippen LogP) is 2.43. The summed E-state index contributed by atoms with van der Waals surface area (Å²) in [4.78, 5) is 6.65. The lowest BCUT2D eigenvalue weighted by atomic mass is 9.94. The number of anilines is 1. The highest BCUT2D eigenvalue weighted by Gasteiger charge is 2.26. The summed E-state index contributed by atoms with van der Waals surface area (Å²) >= 11 is 0. The van der Waals surface area contributed by atoms with Crippen LogP contribution in [0.25, 0.3) is 11.1 Å². The van der Waals surface area contributed by atoms with Crippen molar-refractivity contribution in [2.75, 3.05) is 18.0 Å². The molecule has 1 aromatic heterocycles. The topological polar surface area (TPSA) is 49.5 Å². The molecule has 1 aliphatic rings. The number of benzene rings is 1. The van der Waals surface area contributed by atoms with Gasteiger partial charge in [0.25, 0.3) is 6.01 Å². The van der Waals surface area contributed by atoms with Crippen LogP contribution in [0.5, 0.6) is 0 Å². The Bertz CT molecular complexity index is 502. The molecule has 0 radical (unpaired) electrons. The summed E-state index contributed by atoms with van der Waals surface area (Å²) in [6, 6.07) is 8.48. The number of piperidine rings is 1. The summed E-state index contributed by atoms with van der Waals surface area (Å²) in [6.45, 7) is 3.64. The molecule has 1 fully saturated rings. The van der Waals surface area contributed by atoms with E-state index in [1.165, 1.54) is 0 Å². The van der Waals surface area contributed by atoms with Gasteiger partial charge < -0.3 is 14.4 Å². The standard InChI is InChI=1S/C14H18N2O2/c1-10(17)11-5-4-8-16(9-11)14-15-12-6-2-3-7-13(12)18-14/h2-3,6-7,10-11,17H,4-5,8-9H2,1H3. The first kappa shape index (κ1) is 11.5. The highest BCUT2D eigenvalue weighted by Crippen LogP contribution is 2.27. The molecule has 1 N–H and O–H groups in total. The maximum absolute atomic E-state index is 9.70. The van der Waals surface area contributed by atoms with Gasteiger partial charge in [-0.25, -0.2) is 0 Å². The third-order valence-corrected chi connectivity index (χ3v) is 3.69. The third-order valence-electron chi connectivity index (χ3n) is 3.69. The Balaban J connectivity index is 1.85. The van der Waals surface area contributed by atoms with Gasteiger partial charge in [0.1, 0.15) is 5.52 Å². The fourth-order valence-corrected chi connectivity index (χ4v) is 2.57. The molecule has 0 saturated carbocycles. The van der Waals surface area contributed by atoms with E-state index in [9.17, 15) is 5.11 Å². The van der Waals surface area contributed by atoms with Crippen molar-refractivity contribution in [1.82, 2.24) is 4.98 Å². The van der Waals surface area contributed by atoms with Crippen molar-refractivity contribution in [2.45, 2.75) is 25.9 Å². The van der Waals surface area contributed by atoms with E-state index in [0.29, 0.717) is 11.9 Å². The molecule has 0 bridgehead atoms. The molecule has 2 unspecified atom stereocenters. The molecule has 18 heavy (non-hydrogen) atoms. The second-order valence-electron chi connectivity index (χ2n) is 5.05. The van der Waals surface area contributed by atoms with Gasteiger partial charge in [0.2, 0.25) is 0 Å². The molecular formula is C14H18N2O2. The van der Waals surface area contributed by atoms with E-state index in [0.717, 1.165) is 37.0 Å². The lowest BCUT2D eigenvalue weighted by Crippen LogP contribution is -2.39. The number of hydrogen-bond donors (Lipinski definition) is 1. The summed E-state index contributed by atoms with van der Waals surface area (Å²) in [5, 5.41) is 9.70. The van der Waals surface area contributed by atoms with Crippen LogP contribution in [0.2, 0.25) is 0 Å². The molecule has 4 nitrogen and oxygen atoms in total. The number of para-hydroxylation sites is 2. The first-order valence-electron chi connectivity index (χ1n) is 6.52. The normalized spacial score (nSPS) is 22.3. The molecule has 1 saturated heterocycles. The Kier molecular flexibility index (Phi) is 2.96. The molecule has 0 aliphatic carbocycles. The van der Waals surface area contributed by atoms with Crippen LogP contribution in [0.15, 0.2) is 28.7 Å². The van der Waals surface area contributed by atoms with Gasteiger partial charge in [0.15, 0.2) is 5.58 Å². The van der Waals surface area contributed by atoms with Crippen molar-refractivity contribution in [1.29, 1.82) is 0 Å². The second-order valence-corrected chi connectivity index (χ2v) is 5.05. The second kappa shape index (κ2) is 4.61. The average Bonchev–Trinajstić information content (AvgIpc) is 2.82. The van der Waals surface area contributed by atoms with Crippen LogP contribution in [0.1, 0.15) is 19.8 Å². The van der Waals surface area contributed by atoms with Crippen LogP contribution in [0, 0.1) is 5.92 Å². The van der Waals surface area contributed by atoms with Gasteiger partial charge in [-0.1, -0.05) is 12.1 Å². The molecule has 0 amide bonds. The zero-order valence-electron chi connectivity index (χ0n) is 10.5. The van der Waals surface area contributed by atoms with Gasteiger partial charge in [-0.2, -0.15) is 4.98 Å². The lowest BCUT2D eigenvalue weighted by molar-refractivity contribution is 0.114. The maximum atomic E-state index is 9.70. The Hall–Kier alpha value is -1.55. The Morgan fingerprint density at radius 1 is 1.44 bits per heavy atom. The Morgan fingerprint density at radius 2 is 2.28 bits per heavy atom. The minimum Gasteiger partial charge on any atom is -0.423 e. The number of oxazole rings is 1. The molecule has 4 heteroatoms. The summed E-state index contributed by atoms with van der Waals surface area (Å²) < 4.78 is 5.77. The SMILES string of the molecule is CC(O)C1CCCN(c2nc3ccccc3o2)C1. The van der Waals surface area contributed by atoms with E-state index in [-0.39, 0.29) is 6.10 Å². The quantitative estimate of drug-likeness (QED) is 0.884. The van der Waals surface area contributed by atoms with Crippen LogP contribution in [0.4, 0.5) is 6.01 Å². The smallest absolute Gasteiger partial charge is 0.298 e. The van der Waals surface area contributed by atoms with Crippen LogP contribution >= 0.6 is 0 Å². The first-order valence-corrected chi connectivity index (χ1v) is 6.52. The van der Waals surface area contributed by atoms with Gasteiger partial charge >= 0.3 is 0 Å². The van der Waals surface area contributed by atoms with E-state index in [1.807, 2.05) is 31.2 Å². The number of rotatable bonds is 2. The van der Waals surface area contributed by atoms with Crippen LogP contribution in [-0.4, -0.2) is 29.3 Å². The van der Waals surface area contributed by atoms with Crippen molar-refractivity contribution in [3.05, 3.63) is 24.3 Å². The van der Waals surface area contributed by atoms with Gasteiger partial charge in [-0.15, -0.1) is 0 Å². The molecule has 0 spiro atoms.